The van der Waals surface area contributed by atoms with E-state index in [0.29, 0.717) is 50.1 Å². The van der Waals surface area contributed by atoms with Gasteiger partial charge in [-0.05, 0) is 85.9 Å². The summed E-state index contributed by atoms with van der Waals surface area (Å²) in [6.45, 7) is 0.774. The van der Waals surface area contributed by atoms with Gasteiger partial charge in [0.2, 0.25) is 15.9 Å². The van der Waals surface area contributed by atoms with Crippen LogP contribution in [0.25, 0.3) is 0 Å². The Hall–Kier alpha value is -2.07. The fourth-order valence-corrected chi connectivity index (χ4v) is 7.94. The van der Waals surface area contributed by atoms with Gasteiger partial charge in [0.1, 0.15) is 11.6 Å². The third-order valence-corrected chi connectivity index (χ3v) is 10.0. The molecule has 0 aromatic heterocycles. The van der Waals surface area contributed by atoms with Gasteiger partial charge in [-0.15, -0.1) is 0 Å². The zero-order valence-corrected chi connectivity index (χ0v) is 21.3. The van der Waals surface area contributed by atoms with Gasteiger partial charge in [0.15, 0.2) is 0 Å². The van der Waals surface area contributed by atoms with Crippen LogP contribution in [0.5, 0.6) is 0 Å². The normalized spacial score (nSPS) is 26.2. The van der Waals surface area contributed by atoms with Gasteiger partial charge in [0.05, 0.1) is 17.0 Å². The summed E-state index contributed by atoms with van der Waals surface area (Å²) in [5.41, 5.74) is -0.284. The smallest absolute Gasteiger partial charge is 0.243 e. The SMILES string of the molecule is O=C(CC1(C2CCCC(c3cc(F)cc(F)c3)N2S(=O)(=O)c2ccc(Cl)cc2)CC1)N1CC[C@H](O)C1. The lowest BCUT2D eigenvalue weighted by atomic mass is 9.82. The van der Waals surface area contributed by atoms with Crippen molar-refractivity contribution in [2.45, 2.75) is 68.0 Å². The second-order valence-corrected chi connectivity index (χ2v) is 12.6. The van der Waals surface area contributed by atoms with E-state index in [2.05, 4.69) is 0 Å². The van der Waals surface area contributed by atoms with Crippen LogP contribution in [0.15, 0.2) is 47.4 Å². The third-order valence-electron chi connectivity index (χ3n) is 7.85. The van der Waals surface area contributed by atoms with Gasteiger partial charge in [-0.3, -0.25) is 4.79 Å². The van der Waals surface area contributed by atoms with Crippen molar-refractivity contribution in [3.05, 3.63) is 64.7 Å². The molecular weight excluding hydrogens is 510 g/mol. The third kappa shape index (κ3) is 4.90. The quantitative estimate of drug-likeness (QED) is 0.580. The van der Waals surface area contributed by atoms with Gasteiger partial charge in [0, 0.05) is 36.6 Å². The average molecular weight is 539 g/mol. The molecule has 3 atom stereocenters. The summed E-state index contributed by atoms with van der Waals surface area (Å²) in [4.78, 5) is 14.8. The van der Waals surface area contributed by atoms with Crippen LogP contribution in [0.2, 0.25) is 5.02 Å². The van der Waals surface area contributed by atoms with E-state index in [9.17, 15) is 27.1 Å². The minimum atomic E-state index is -4.09. The highest BCUT2D eigenvalue weighted by atomic mass is 35.5. The largest absolute Gasteiger partial charge is 0.391 e. The molecule has 5 rings (SSSR count). The molecule has 1 N–H and O–H groups in total. The molecule has 1 aliphatic carbocycles. The topological polar surface area (TPSA) is 77.9 Å². The summed E-state index contributed by atoms with van der Waals surface area (Å²) in [5.74, 6) is -1.62. The molecule has 0 radical (unpaired) electrons. The molecule has 2 heterocycles. The van der Waals surface area contributed by atoms with E-state index in [-0.39, 0.29) is 29.3 Å². The number of carbonyl (C=O) groups is 1. The number of likely N-dealkylation sites (tertiary alicyclic amines) is 1. The summed E-state index contributed by atoms with van der Waals surface area (Å²) in [6.07, 6.45) is 3.19. The van der Waals surface area contributed by atoms with Crippen LogP contribution in [0.1, 0.15) is 56.6 Å². The van der Waals surface area contributed by atoms with Crippen LogP contribution in [-0.2, 0) is 14.8 Å². The Kier molecular flexibility index (Phi) is 6.87. The predicted molar refractivity (Wildman–Crippen MR) is 131 cm³/mol. The maximum atomic E-state index is 14.2. The number of hydrogen-bond donors (Lipinski definition) is 1. The molecule has 194 valence electrons. The molecule has 3 fully saturated rings. The molecule has 0 bridgehead atoms. The predicted octanol–water partition coefficient (Wildman–Crippen LogP) is 4.67. The Morgan fingerprint density at radius 3 is 2.31 bits per heavy atom. The zero-order chi connectivity index (χ0) is 25.7. The molecule has 2 aliphatic heterocycles. The minimum absolute atomic E-state index is 0.0467. The Morgan fingerprint density at radius 1 is 1.06 bits per heavy atom. The Labute approximate surface area is 214 Å². The van der Waals surface area contributed by atoms with Crippen molar-refractivity contribution in [1.29, 1.82) is 0 Å². The maximum absolute atomic E-state index is 14.2. The first-order valence-corrected chi connectivity index (χ1v) is 14.1. The van der Waals surface area contributed by atoms with Crippen LogP contribution in [0.4, 0.5) is 8.78 Å². The molecule has 36 heavy (non-hydrogen) atoms. The van der Waals surface area contributed by atoms with E-state index in [1.807, 2.05) is 0 Å². The average Bonchev–Trinajstić information content (AvgIpc) is 3.48. The summed E-state index contributed by atoms with van der Waals surface area (Å²) in [7, 11) is -4.09. The van der Waals surface area contributed by atoms with Crippen molar-refractivity contribution in [3.8, 4) is 0 Å². The highest BCUT2D eigenvalue weighted by molar-refractivity contribution is 7.89. The van der Waals surface area contributed by atoms with Crippen LogP contribution >= 0.6 is 11.6 Å². The number of carbonyl (C=O) groups excluding carboxylic acids is 1. The molecule has 2 aromatic carbocycles. The minimum Gasteiger partial charge on any atom is -0.391 e. The number of sulfonamides is 1. The molecule has 0 spiro atoms. The number of β-amino-alcohol motifs (C(OH)–C–C–N with tert-alkyl or cyclic N) is 1. The lowest BCUT2D eigenvalue weighted by Gasteiger charge is -2.45. The zero-order valence-electron chi connectivity index (χ0n) is 19.7. The van der Waals surface area contributed by atoms with E-state index < -0.39 is 45.3 Å². The summed E-state index contributed by atoms with van der Waals surface area (Å²) < 4.78 is 58.0. The van der Waals surface area contributed by atoms with Crippen molar-refractivity contribution in [1.82, 2.24) is 9.21 Å². The molecular formula is C26H29ClF2N2O4S. The van der Waals surface area contributed by atoms with E-state index in [4.69, 9.17) is 11.6 Å². The number of rotatable bonds is 6. The van der Waals surface area contributed by atoms with Crippen molar-refractivity contribution >= 4 is 27.5 Å². The molecule has 1 amide bonds. The van der Waals surface area contributed by atoms with Crippen LogP contribution < -0.4 is 0 Å². The summed E-state index contributed by atoms with van der Waals surface area (Å²) >= 11 is 6.00. The molecule has 2 saturated heterocycles. The van der Waals surface area contributed by atoms with Crippen LogP contribution in [0, 0.1) is 17.0 Å². The first kappa shape index (κ1) is 25.6. The lowest BCUT2D eigenvalue weighted by Crippen LogP contribution is -2.51. The summed E-state index contributed by atoms with van der Waals surface area (Å²) in [5, 5.41) is 10.3. The molecule has 3 aliphatic rings. The van der Waals surface area contributed by atoms with Crippen molar-refractivity contribution in [2.75, 3.05) is 13.1 Å². The first-order valence-electron chi connectivity index (χ1n) is 12.3. The number of nitrogens with zero attached hydrogens (tertiary/aromatic N) is 2. The molecule has 1 saturated carbocycles. The Bertz CT molecular complexity index is 1230. The number of benzene rings is 2. The lowest BCUT2D eigenvalue weighted by molar-refractivity contribution is -0.132. The van der Waals surface area contributed by atoms with E-state index in [1.165, 1.54) is 40.7 Å². The Morgan fingerprint density at radius 2 is 1.72 bits per heavy atom. The number of hydrogen-bond acceptors (Lipinski definition) is 4. The van der Waals surface area contributed by atoms with Gasteiger partial charge in [0.25, 0.3) is 0 Å². The van der Waals surface area contributed by atoms with Gasteiger partial charge in [-0.1, -0.05) is 11.6 Å². The molecule has 6 nitrogen and oxygen atoms in total. The molecule has 2 unspecified atom stereocenters. The first-order chi connectivity index (χ1) is 17.1. The number of piperidine rings is 1. The number of halogens is 3. The fourth-order valence-electron chi connectivity index (χ4n) is 5.87. The van der Waals surface area contributed by atoms with Crippen LogP contribution in [-0.4, -0.2) is 53.9 Å². The van der Waals surface area contributed by atoms with E-state index in [1.54, 1.807) is 4.90 Å². The van der Waals surface area contributed by atoms with Gasteiger partial charge in [-0.25, -0.2) is 17.2 Å². The van der Waals surface area contributed by atoms with Crippen molar-refractivity contribution in [3.63, 3.8) is 0 Å². The monoisotopic (exact) mass is 538 g/mol. The number of aliphatic hydroxyl groups is 1. The number of aliphatic hydroxyl groups excluding tert-OH is 1. The van der Waals surface area contributed by atoms with Gasteiger partial charge >= 0.3 is 0 Å². The Balaban J connectivity index is 1.54. The molecule has 2 aromatic rings. The maximum Gasteiger partial charge on any atom is 0.243 e. The number of amides is 1. The van der Waals surface area contributed by atoms with E-state index in [0.717, 1.165) is 6.07 Å². The van der Waals surface area contributed by atoms with Gasteiger partial charge in [-0.2, -0.15) is 4.31 Å². The second kappa shape index (κ2) is 9.67. The van der Waals surface area contributed by atoms with Crippen molar-refractivity contribution in [2.24, 2.45) is 5.41 Å². The van der Waals surface area contributed by atoms with Crippen molar-refractivity contribution < 1.29 is 27.1 Å². The highest BCUT2D eigenvalue weighted by Gasteiger charge is 2.57. The van der Waals surface area contributed by atoms with Crippen LogP contribution in [0.3, 0.4) is 0 Å². The highest BCUT2D eigenvalue weighted by Crippen LogP contribution is 2.58. The standard InChI is InChI=1S/C26H29ClF2N2O4S/c27-18-4-6-22(7-5-18)36(34,35)31-23(17-12-19(28)14-20(29)13-17)2-1-3-24(31)26(9-10-26)15-25(33)30-11-8-21(32)16-30/h4-7,12-14,21,23-24,32H,1-3,8-11,15-16H2/t21-,23?,24?/m0/s1. The fraction of sp³-hybridized carbons (Fsp3) is 0.500. The van der Waals surface area contributed by atoms with Gasteiger partial charge < -0.3 is 10.0 Å². The summed E-state index contributed by atoms with van der Waals surface area (Å²) in [6, 6.07) is 7.75. The van der Waals surface area contributed by atoms with E-state index >= 15 is 0 Å². The second-order valence-electron chi connectivity index (χ2n) is 10.3. The molecule has 10 heteroatoms.